The van der Waals surface area contributed by atoms with Crippen molar-refractivity contribution in [1.82, 2.24) is 5.32 Å². The molecule has 2 atom stereocenters. The fraction of sp³-hybridized carbons (Fsp3) is 0.778. The van der Waals surface area contributed by atoms with E-state index in [0.29, 0.717) is 17.1 Å². The topological polar surface area (TPSA) is 55.4 Å². The number of carbonyl (C=O) groups excluding carboxylic acids is 2. The van der Waals surface area contributed by atoms with Crippen molar-refractivity contribution >= 4 is 11.9 Å². The van der Waals surface area contributed by atoms with Gasteiger partial charge >= 0.3 is 5.97 Å². The van der Waals surface area contributed by atoms with Crippen molar-refractivity contribution in [2.45, 2.75) is 83.3 Å². The first-order valence-corrected chi connectivity index (χ1v) is 8.79. The second-order valence-corrected chi connectivity index (χ2v) is 7.29. The minimum atomic E-state index is -0.637. The maximum absolute atomic E-state index is 12.9. The number of amides is 1. The molecule has 3 aliphatic rings. The quantitative estimate of drug-likeness (QED) is 0.797. The van der Waals surface area contributed by atoms with E-state index in [1.807, 2.05) is 0 Å². The summed E-state index contributed by atoms with van der Waals surface area (Å²) in [5, 5.41) is 3.20. The van der Waals surface area contributed by atoms with Gasteiger partial charge in [-0.3, -0.25) is 4.79 Å². The van der Waals surface area contributed by atoms with Crippen LogP contribution < -0.4 is 5.32 Å². The highest BCUT2D eigenvalue weighted by atomic mass is 16.6. The van der Waals surface area contributed by atoms with Crippen LogP contribution in [0.3, 0.4) is 0 Å². The number of hydrogen-bond donors (Lipinski definition) is 1. The van der Waals surface area contributed by atoms with Crippen LogP contribution in [0, 0.1) is 5.92 Å². The average molecular weight is 305 g/mol. The molecule has 1 heterocycles. The summed E-state index contributed by atoms with van der Waals surface area (Å²) in [5.41, 5.74) is 0.499. The van der Waals surface area contributed by atoms with Gasteiger partial charge in [0.1, 0.15) is 5.60 Å². The minimum Gasteiger partial charge on any atom is -0.451 e. The van der Waals surface area contributed by atoms with Crippen LogP contribution in [0.4, 0.5) is 0 Å². The lowest BCUT2D eigenvalue weighted by Gasteiger charge is -2.35. The largest absolute Gasteiger partial charge is 0.451 e. The molecule has 4 nitrogen and oxygen atoms in total. The molecule has 122 valence electrons. The highest BCUT2D eigenvalue weighted by Gasteiger charge is 2.49. The van der Waals surface area contributed by atoms with Gasteiger partial charge in [-0.1, -0.05) is 26.2 Å². The Morgan fingerprint density at radius 2 is 1.82 bits per heavy atom. The lowest BCUT2D eigenvalue weighted by molar-refractivity contribution is -0.149. The van der Waals surface area contributed by atoms with Crippen LogP contribution in [0.15, 0.2) is 11.1 Å². The van der Waals surface area contributed by atoms with Crippen LogP contribution in [-0.2, 0) is 14.3 Å². The summed E-state index contributed by atoms with van der Waals surface area (Å²) in [7, 11) is 0. The molecule has 0 aromatic rings. The third kappa shape index (κ3) is 2.68. The fourth-order valence-electron chi connectivity index (χ4n) is 4.37. The highest BCUT2D eigenvalue weighted by molar-refractivity contribution is 6.07. The molecule has 1 aliphatic heterocycles. The first-order valence-electron chi connectivity index (χ1n) is 8.79. The molecular formula is C18H27NO3. The summed E-state index contributed by atoms with van der Waals surface area (Å²) in [6.45, 7) is 3.95. The van der Waals surface area contributed by atoms with Crippen LogP contribution in [0.5, 0.6) is 0 Å². The minimum absolute atomic E-state index is 0.0657. The first kappa shape index (κ1) is 15.6. The molecule has 2 aliphatic carbocycles. The molecule has 1 spiro atoms. The van der Waals surface area contributed by atoms with E-state index in [2.05, 4.69) is 12.2 Å². The summed E-state index contributed by atoms with van der Waals surface area (Å²) >= 11 is 0. The fourth-order valence-corrected chi connectivity index (χ4v) is 4.37. The highest BCUT2D eigenvalue weighted by Crippen LogP contribution is 2.44. The SMILES string of the molecule is CC1=C(C(=O)N[C@@H]2CCCC[C@H]2C)C2(CCCCC2)OC1=O. The Hall–Kier alpha value is -1.32. The van der Waals surface area contributed by atoms with Gasteiger partial charge in [0.15, 0.2) is 0 Å². The molecule has 2 fully saturated rings. The molecule has 2 saturated carbocycles. The molecule has 0 saturated heterocycles. The number of esters is 1. The molecule has 3 rings (SSSR count). The zero-order valence-corrected chi connectivity index (χ0v) is 13.7. The van der Waals surface area contributed by atoms with Crippen LogP contribution in [0.2, 0.25) is 0 Å². The van der Waals surface area contributed by atoms with Gasteiger partial charge in [0.2, 0.25) is 0 Å². The Labute approximate surface area is 132 Å². The maximum atomic E-state index is 12.9. The smallest absolute Gasteiger partial charge is 0.335 e. The van der Waals surface area contributed by atoms with Gasteiger partial charge < -0.3 is 10.1 Å². The van der Waals surface area contributed by atoms with Gasteiger partial charge in [-0.15, -0.1) is 0 Å². The predicted octanol–water partition coefficient (Wildman–Crippen LogP) is 3.26. The molecule has 22 heavy (non-hydrogen) atoms. The lowest BCUT2D eigenvalue weighted by atomic mass is 9.78. The Morgan fingerprint density at radius 3 is 2.50 bits per heavy atom. The van der Waals surface area contributed by atoms with Crippen molar-refractivity contribution in [2.75, 3.05) is 0 Å². The molecule has 1 amide bonds. The van der Waals surface area contributed by atoms with Crippen LogP contribution in [0.25, 0.3) is 0 Å². The van der Waals surface area contributed by atoms with Crippen LogP contribution >= 0.6 is 0 Å². The van der Waals surface area contributed by atoms with Crippen molar-refractivity contribution < 1.29 is 14.3 Å². The van der Waals surface area contributed by atoms with E-state index < -0.39 is 5.60 Å². The van der Waals surface area contributed by atoms with E-state index in [-0.39, 0.29) is 17.9 Å². The Morgan fingerprint density at radius 1 is 1.14 bits per heavy atom. The summed E-state index contributed by atoms with van der Waals surface area (Å²) in [6.07, 6.45) is 9.43. The summed E-state index contributed by atoms with van der Waals surface area (Å²) in [4.78, 5) is 24.9. The second kappa shape index (κ2) is 6.05. The summed E-state index contributed by atoms with van der Waals surface area (Å²) in [5.74, 6) is 0.145. The van der Waals surface area contributed by atoms with Gasteiger partial charge in [0.25, 0.3) is 5.91 Å². The number of rotatable bonds is 2. The van der Waals surface area contributed by atoms with Crippen LogP contribution in [0.1, 0.15) is 71.6 Å². The molecule has 0 radical (unpaired) electrons. The van der Waals surface area contributed by atoms with Gasteiger partial charge in [0, 0.05) is 11.6 Å². The van der Waals surface area contributed by atoms with E-state index in [4.69, 9.17) is 4.74 Å². The average Bonchev–Trinajstić information content (AvgIpc) is 2.73. The number of nitrogens with one attached hydrogen (secondary N) is 1. The molecule has 0 unspecified atom stereocenters. The van der Waals surface area contributed by atoms with Gasteiger partial charge in [-0.2, -0.15) is 0 Å². The summed E-state index contributed by atoms with van der Waals surface area (Å²) in [6, 6.07) is 0.234. The van der Waals surface area contributed by atoms with E-state index in [1.54, 1.807) is 6.92 Å². The third-order valence-corrected chi connectivity index (χ3v) is 5.74. The molecule has 0 aromatic heterocycles. The monoisotopic (exact) mass is 305 g/mol. The van der Waals surface area contributed by atoms with Crippen molar-refractivity contribution in [3.63, 3.8) is 0 Å². The zero-order valence-electron chi connectivity index (χ0n) is 13.7. The lowest BCUT2D eigenvalue weighted by Crippen LogP contribution is -2.46. The standard InChI is InChI=1S/C18H27NO3/c1-12-8-4-5-9-14(12)19-16(20)15-13(2)17(21)22-18(15)10-6-3-7-11-18/h12,14H,3-11H2,1-2H3,(H,19,20)/t12-,14-/m1/s1. The van der Waals surface area contributed by atoms with Crippen molar-refractivity contribution in [1.29, 1.82) is 0 Å². The number of carbonyl (C=O) groups is 2. The maximum Gasteiger partial charge on any atom is 0.335 e. The van der Waals surface area contributed by atoms with E-state index >= 15 is 0 Å². The Balaban J connectivity index is 1.80. The molecular weight excluding hydrogens is 278 g/mol. The Kier molecular flexibility index (Phi) is 4.28. The predicted molar refractivity (Wildman–Crippen MR) is 84.2 cm³/mol. The van der Waals surface area contributed by atoms with Crippen molar-refractivity contribution in [3.05, 3.63) is 11.1 Å². The molecule has 1 N–H and O–H groups in total. The Bertz CT molecular complexity index is 502. The molecule has 0 bridgehead atoms. The first-order chi connectivity index (χ1) is 10.5. The number of hydrogen-bond acceptors (Lipinski definition) is 3. The van der Waals surface area contributed by atoms with E-state index in [0.717, 1.165) is 38.5 Å². The normalized spacial score (nSPS) is 31.3. The van der Waals surface area contributed by atoms with Crippen molar-refractivity contribution in [2.24, 2.45) is 5.92 Å². The molecule has 4 heteroatoms. The summed E-state index contributed by atoms with van der Waals surface area (Å²) < 4.78 is 5.68. The van der Waals surface area contributed by atoms with Crippen LogP contribution in [-0.4, -0.2) is 23.5 Å². The van der Waals surface area contributed by atoms with Gasteiger partial charge in [0.05, 0.1) is 5.57 Å². The second-order valence-electron chi connectivity index (χ2n) is 7.29. The zero-order chi connectivity index (χ0) is 15.7. The number of ether oxygens (including phenoxy) is 1. The van der Waals surface area contributed by atoms with Crippen molar-refractivity contribution in [3.8, 4) is 0 Å². The van der Waals surface area contributed by atoms with Gasteiger partial charge in [-0.25, -0.2) is 4.79 Å². The molecule has 0 aromatic carbocycles. The van der Waals surface area contributed by atoms with E-state index in [1.165, 1.54) is 19.3 Å². The van der Waals surface area contributed by atoms with Gasteiger partial charge in [-0.05, 0) is 51.4 Å². The van der Waals surface area contributed by atoms with E-state index in [9.17, 15) is 9.59 Å². The third-order valence-electron chi connectivity index (χ3n) is 5.74.